The number of H-pyrrole nitrogens is 1. The number of aromatic amines is 1. The zero-order valence-corrected chi connectivity index (χ0v) is 11.5. The predicted octanol–water partition coefficient (Wildman–Crippen LogP) is -5.50. The minimum absolute atomic E-state index is 0. The van der Waals surface area contributed by atoms with Crippen LogP contribution in [0.15, 0.2) is 12.3 Å². The second kappa shape index (κ2) is 6.12. The van der Waals surface area contributed by atoms with Crippen LogP contribution in [-0.2, 0) is 18.9 Å². The predicted molar refractivity (Wildman–Crippen MR) is 25.2 cm³/mol. The van der Waals surface area contributed by atoms with Gasteiger partial charge in [-0.05, 0) is 0 Å². The van der Waals surface area contributed by atoms with Crippen molar-refractivity contribution in [1.82, 2.24) is 4.98 Å². The number of nitrogens with one attached hydrogen (secondary N) is 1. The molecule has 0 fully saturated rings. The van der Waals surface area contributed by atoms with Crippen LogP contribution < -0.4 is 52.2 Å². The Hall–Kier alpha value is 1.39. The van der Waals surface area contributed by atoms with E-state index in [2.05, 4.69) is 36.9 Å². The molecule has 1 N–H and O–H groups in total. The first-order valence-electron chi connectivity index (χ1n) is 2.08. The van der Waals surface area contributed by atoms with Crippen LogP contribution in [0.25, 0.3) is 0 Å². The second-order valence-electron chi connectivity index (χ2n) is 1.45. The van der Waals surface area contributed by atoms with Crippen molar-refractivity contribution in [2.45, 2.75) is 6.92 Å². The molecular formula is C5H6I2IrN. The first-order chi connectivity index (χ1) is 3.30. The summed E-state index contributed by atoms with van der Waals surface area (Å²) in [6.07, 6.45) is 1.95. The molecule has 0 aliphatic carbocycles. The summed E-state index contributed by atoms with van der Waals surface area (Å²) in [5, 5.41) is 0. The van der Waals surface area contributed by atoms with Crippen LogP contribution in [-0.4, -0.2) is 4.98 Å². The Labute approximate surface area is 99.6 Å². The van der Waals surface area contributed by atoms with Gasteiger partial charge in [0.1, 0.15) is 0 Å². The monoisotopic (exact) mass is 527 g/mol. The largest absolute Gasteiger partial charge is 1.00 e. The van der Waals surface area contributed by atoms with Crippen molar-refractivity contribution in [3.63, 3.8) is 0 Å². The van der Waals surface area contributed by atoms with Crippen LogP contribution in [0.2, 0.25) is 0 Å². The van der Waals surface area contributed by atoms with Gasteiger partial charge in [-0.25, -0.2) is 0 Å². The number of hydrogen-bond donors (Lipinski definition) is 1. The molecule has 54 valence electrons. The van der Waals surface area contributed by atoms with Gasteiger partial charge in [0.15, 0.2) is 0 Å². The third kappa shape index (κ3) is 3.95. The first-order valence-corrected chi connectivity index (χ1v) is 3.27. The summed E-state index contributed by atoms with van der Waals surface area (Å²) in [5.41, 5.74) is 1.33. The van der Waals surface area contributed by atoms with Crippen LogP contribution in [0, 0.1) is 6.92 Å². The normalized spacial score (nSPS) is 7.33. The van der Waals surface area contributed by atoms with Gasteiger partial charge in [0.2, 0.25) is 0 Å². The molecule has 0 aliphatic rings. The number of aromatic nitrogens is 1. The van der Waals surface area contributed by atoms with E-state index < -0.39 is 0 Å². The smallest absolute Gasteiger partial charge is 1.00 e. The Balaban J connectivity index is 0. The summed E-state index contributed by atoms with van der Waals surface area (Å²) < 4.78 is 1.26. The van der Waals surface area contributed by atoms with Gasteiger partial charge in [0.05, 0.1) is 0 Å². The third-order valence-electron chi connectivity index (χ3n) is 0.866. The quantitative estimate of drug-likeness (QED) is 0.325. The summed E-state index contributed by atoms with van der Waals surface area (Å²) in [6, 6.07) is 2.06. The Morgan fingerprint density at radius 3 is 2.11 bits per heavy atom. The average molecular weight is 526 g/mol. The van der Waals surface area contributed by atoms with E-state index in [-0.39, 0.29) is 48.0 Å². The Bertz CT molecular complexity index is 147. The van der Waals surface area contributed by atoms with E-state index in [1.807, 2.05) is 6.20 Å². The summed E-state index contributed by atoms with van der Waals surface area (Å²) in [5.74, 6) is 0. The van der Waals surface area contributed by atoms with E-state index >= 15 is 0 Å². The average Bonchev–Trinajstić information content (AvgIpc) is 1.91. The fourth-order valence-corrected chi connectivity index (χ4v) is 0.819. The van der Waals surface area contributed by atoms with E-state index in [0.29, 0.717) is 0 Å². The van der Waals surface area contributed by atoms with Gasteiger partial charge in [0, 0.05) is 0 Å². The maximum atomic E-state index is 3.07. The molecule has 1 aromatic heterocycles. The number of hydrogen-bond acceptors (Lipinski definition) is 0. The number of halogens is 2. The van der Waals surface area contributed by atoms with Crippen LogP contribution in [0.5, 0.6) is 0 Å². The Morgan fingerprint density at radius 1 is 1.44 bits per heavy atom. The van der Waals surface area contributed by atoms with Gasteiger partial charge in [-0.2, -0.15) is 0 Å². The van der Waals surface area contributed by atoms with E-state index in [0.717, 1.165) is 0 Å². The summed E-state index contributed by atoms with van der Waals surface area (Å²) in [6.45, 7) is 2.09. The van der Waals surface area contributed by atoms with Gasteiger partial charge in [-0.3, -0.25) is 0 Å². The van der Waals surface area contributed by atoms with Crippen molar-refractivity contribution in [1.29, 1.82) is 0 Å². The van der Waals surface area contributed by atoms with Gasteiger partial charge < -0.3 is 48.0 Å². The molecule has 0 amide bonds. The van der Waals surface area contributed by atoms with Crippen molar-refractivity contribution in [2.75, 3.05) is 0 Å². The Kier molecular flexibility index (Phi) is 8.85. The van der Waals surface area contributed by atoms with E-state index in [4.69, 9.17) is 0 Å². The number of aryl methyl sites for hydroxylation is 1. The molecule has 0 aliphatic heterocycles. The molecule has 0 saturated heterocycles. The maximum Gasteiger partial charge on any atom is -1.00 e. The molecule has 4 heteroatoms. The molecule has 1 nitrogen and oxygen atoms in total. The molecule has 0 atom stereocenters. The van der Waals surface area contributed by atoms with E-state index in [9.17, 15) is 0 Å². The van der Waals surface area contributed by atoms with Crippen LogP contribution in [0.4, 0.5) is 0 Å². The Morgan fingerprint density at radius 2 is 2.00 bits per heavy atom. The molecule has 0 aromatic carbocycles. The zero-order valence-electron chi connectivity index (χ0n) is 4.74. The molecule has 0 bridgehead atoms. The van der Waals surface area contributed by atoms with Crippen molar-refractivity contribution in [3.8, 4) is 0 Å². The second-order valence-corrected chi connectivity index (χ2v) is 2.65. The van der Waals surface area contributed by atoms with Gasteiger partial charge in [-0.15, -0.1) is 0 Å². The molecule has 0 spiro atoms. The van der Waals surface area contributed by atoms with Crippen LogP contribution in [0.1, 0.15) is 5.56 Å². The molecule has 1 heterocycles. The van der Waals surface area contributed by atoms with Crippen molar-refractivity contribution in [3.05, 3.63) is 17.8 Å². The first kappa shape index (κ1) is 13.0. The minimum atomic E-state index is 0. The molecule has 0 radical (unpaired) electrons. The van der Waals surface area contributed by atoms with Gasteiger partial charge >= 0.3 is 52.8 Å². The van der Waals surface area contributed by atoms with Crippen molar-refractivity contribution < 1.29 is 66.9 Å². The topological polar surface area (TPSA) is 15.8 Å². The van der Waals surface area contributed by atoms with Crippen molar-refractivity contribution in [2.24, 2.45) is 0 Å². The summed E-state index contributed by atoms with van der Waals surface area (Å²) in [7, 11) is 0. The molecule has 1 aromatic rings. The minimum Gasteiger partial charge on any atom is -1.00 e. The van der Waals surface area contributed by atoms with Gasteiger partial charge in [0.25, 0.3) is 0 Å². The van der Waals surface area contributed by atoms with Gasteiger partial charge in [-0.1, -0.05) is 0 Å². The maximum absolute atomic E-state index is 3.07. The van der Waals surface area contributed by atoms with Crippen LogP contribution >= 0.6 is 0 Å². The SMILES string of the molecule is Cc1cc[nH][c]1[Ir+2].[I-].[I-]. The standard InChI is InChI=1S/C5H6N.2HI.Ir/c1-5-2-3-6-4-5;;;/h2-3,6H,1H3;2*1H;/q;;;+2/p-2. The van der Waals surface area contributed by atoms with Crippen LogP contribution in [0.3, 0.4) is 0 Å². The summed E-state index contributed by atoms with van der Waals surface area (Å²) in [4.78, 5) is 3.07. The zero-order chi connectivity index (χ0) is 5.28. The molecule has 9 heavy (non-hydrogen) atoms. The van der Waals surface area contributed by atoms with E-state index in [1.165, 1.54) is 9.77 Å². The third-order valence-corrected chi connectivity index (χ3v) is 2.16. The number of rotatable bonds is 0. The molecule has 0 saturated carbocycles. The molecular weight excluding hydrogens is 520 g/mol. The fraction of sp³-hybridized carbons (Fsp3) is 0.200. The fourth-order valence-electron chi connectivity index (χ4n) is 0.419. The van der Waals surface area contributed by atoms with E-state index in [1.54, 1.807) is 0 Å². The summed E-state index contributed by atoms with van der Waals surface area (Å²) >= 11 is 2.06. The molecule has 0 unspecified atom stereocenters. The molecule has 1 rings (SSSR count). The van der Waals surface area contributed by atoms with Crippen molar-refractivity contribution >= 4 is 4.21 Å².